The van der Waals surface area contributed by atoms with Crippen LogP contribution in [0.2, 0.25) is 0 Å². The van der Waals surface area contributed by atoms with Gasteiger partial charge in [-0.15, -0.1) is 0 Å². The molecule has 1 saturated heterocycles. The third-order valence-corrected chi connectivity index (χ3v) is 6.57. The number of aliphatic imine (C=N–C) groups is 1. The highest BCUT2D eigenvalue weighted by Gasteiger charge is 2.39. The molecule has 0 bridgehead atoms. The lowest BCUT2D eigenvalue weighted by molar-refractivity contribution is -0.117. The van der Waals surface area contributed by atoms with Crippen molar-refractivity contribution in [3.8, 4) is 5.75 Å². The van der Waals surface area contributed by atoms with Crippen LogP contribution in [0.1, 0.15) is 25.0 Å². The van der Waals surface area contributed by atoms with E-state index in [1.807, 2.05) is 11.8 Å². The summed E-state index contributed by atoms with van der Waals surface area (Å²) >= 11 is 0. The van der Waals surface area contributed by atoms with Crippen LogP contribution < -0.4 is 14.8 Å². The number of nitrogens with two attached hydrogens (primary N) is 1. The molecule has 0 aliphatic carbocycles. The van der Waals surface area contributed by atoms with E-state index in [1.165, 1.54) is 6.07 Å². The molecule has 0 unspecified atom stereocenters. The van der Waals surface area contributed by atoms with Gasteiger partial charge in [0.25, 0.3) is 5.91 Å². The van der Waals surface area contributed by atoms with Gasteiger partial charge in [0.1, 0.15) is 18.0 Å². The van der Waals surface area contributed by atoms with Crippen molar-refractivity contribution in [2.45, 2.75) is 26.8 Å². The SMILES string of the molecule is CN=C(C)C(CN1CCc2cc(O)c(N3CC(=O)NS3(=O)=O)c(F)c2C1)=C(C)N. The summed E-state index contributed by atoms with van der Waals surface area (Å²) in [6.45, 7) is 4.32. The highest BCUT2D eigenvalue weighted by Crippen LogP contribution is 2.39. The number of phenolic OH excluding ortho intramolecular Hbond substituents is 1. The van der Waals surface area contributed by atoms with Crippen LogP contribution in [0.3, 0.4) is 0 Å². The number of carbonyl (C=O) groups is 1. The van der Waals surface area contributed by atoms with E-state index >= 15 is 4.39 Å². The minimum absolute atomic E-state index is 0.206. The van der Waals surface area contributed by atoms with E-state index in [1.54, 1.807) is 18.7 Å². The Balaban J connectivity index is 1.97. The van der Waals surface area contributed by atoms with Crippen LogP contribution in [0.5, 0.6) is 5.75 Å². The van der Waals surface area contributed by atoms with E-state index < -0.39 is 39.9 Å². The number of fused-ring (bicyclic) bond motifs is 1. The monoisotopic (exact) mass is 425 g/mol. The molecule has 0 radical (unpaired) electrons. The smallest absolute Gasteiger partial charge is 0.326 e. The molecule has 1 aromatic carbocycles. The number of carbonyl (C=O) groups excluding carboxylic acids is 1. The molecule has 11 heteroatoms. The van der Waals surface area contributed by atoms with Crippen LogP contribution in [0.15, 0.2) is 22.3 Å². The summed E-state index contributed by atoms with van der Waals surface area (Å²) in [5.74, 6) is -2.14. The fraction of sp³-hybridized carbons (Fsp3) is 0.444. The Labute approximate surface area is 168 Å². The number of hydrogen-bond acceptors (Lipinski definition) is 7. The fourth-order valence-electron chi connectivity index (χ4n) is 3.59. The minimum atomic E-state index is -4.24. The molecule has 1 aromatic rings. The van der Waals surface area contributed by atoms with Crippen molar-refractivity contribution in [1.29, 1.82) is 0 Å². The largest absolute Gasteiger partial charge is 0.506 e. The molecule has 0 saturated carbocycles. The van der Waals surface area contributed by atoms with E-state index in [2.05, 4.69) is 4.99 Å². The Morgan fingerprint density at radius 1 is 1.38 bits per heavy atom. The van der Waals surface area contributed by atoms with Gasteiger partial charge in [0.05, 0.1) is 0 Å². The third-order valence-electron chi connectivity index (χ3n) is 5.19. The van der Waals surface area contributed by atoms with E-state index in [0.717, 1.165) is 11.3 Å². The van der Waals surface area contributed by atoms with Crippen molar-refractivity contribution < 1.29 is 22.7 Å². The first-order chi connectivity index (χ1) is 13.5. The number of benzene rings is 1. The van der Waals surface area contributed by atoms with Gasteiger partial charge in [0, 0.05) is 49.2 Å². The van der Waals surface area contributed by atoms with Crippen molar-refractivity contribution in [2.75, 3.05) is 31.0 Å². The highest BCUT2D eigenvalue weighted by molar-refractivity contribution is 7.92. The molecule has 2 aliphatic heterocycles. The second-order valence-corrected chi connectivity index (χ2v) is 8.76. The number of rotatable bonds is 4. The van der Waals surface area contributed by atoms with Crippen LogP contribution in [0, 0.1) is 5.82 Å². The zero-order valence-corrected chi connectivity index (χ0v) is 17.3. The molecule has 1 amide bonds. The zero-order chi connectivity index (χ0) is 21.5. The standard InChI is InChI=1S/C18H24FN5O4S/c1-10(20)13(11(2)21-3)7-23-5-4-12-6-15(25)18(17(19)14(12)8-23)24-9-16(26)22-29(24,27)28/h6,25H,4-5,7-9,20H2,1-3H3,(H,22,26). The van der Waals surface area contributed by atoms with Gasteiger partial charge in [0.15, 0.2) is 5.82 Å². The van der Waals surface area contributed by atoms with E-state index in [9.17, 15) is 18.3 Å². The molecule has 0 aromatic heterocycles. The minimum Gasteiger partial charge on any atom is -0.506 e. The van der Waals surface area contributed by atoms with Gasteiger partial charge in [-0.25, -0.2) is 13.4 Å². The highest BCUT2D eigenvalue weighted by atomic mass is 32.2. The lowest BCUT2D eigenvalue weighted by Crippen LogP contribution is -2.35. The Bertz CT molecular complexity index is 1030. The van der Waals surface area contributed by atoms with Crippen molar-refractivity contribution in [3.05, 3.63) is 34.3 Å². The Kier molecular flexibility index (Phi) is 5.54. The maximum Gasteiger partial charge on any atom is 0.326 e. The van der Waals surface area contributed by atoms with E-state index in [4.69, 9.17) is 5.73 Å². The van der Waals surface area contributed by atoms with Crippen LogP contribution in [0.25, 0.3) is 0 Å². The summed E-state index contributed by atoms with van der Waals surface area (Å²) in [4.78, 5) is 17.7. The number of hydrogen-bond donors (Lipinski definition) is 3. The molecule has 158 valence electrons. The summed E-state index contributed by atoms with van der Waals surface area (Å²) < 4.78 is 41.9. The van der Waals surface area contributed by atoms with Crippen molar-refractivity contribution in [1.82, 2.24) is 9.62 Å². The molecule has 29 heavy (non-hydrogen) atoms. The second-order valence-electron chi connectivity index (χ2n) is 7.16. The lowest BCUT2D eigenvalue weighted by atomic mass is 9.96. The molecule has 1 fully saturated rings. The lowest BCUT2D eigenvalue weighted by Gasteiger charge is -2.31. The topological polar surface area (TPSA) is 128 Å². The number of allylic oxidation sites excluding steroid dienone is 1. The maximum absolute atomic E-state index is 15.3. The fourth-order valence-corrected chi connectivity index (χ4v) is 4.76. The first-order valence-electron chi connectivity index (χ1n) is 9.03. The van der Waals surface area contributed by atoms with Gasteiger partial charge in [-0.3, -0.25) is 14.7 Å². The number of aromatic hydroxyl groups is 1. The maximum atomic E-state index is 15.3. The predicted molar refractivity (Wildman–Crippen MR) is 107 cm³/mol. The van der Waals surface area contributed by atoms with Crippen molar-refractivity contribution >= 4 is 27.5 Å². The Hall–Kier alpha value is -2.66. The molecule has 2 aliphatic rings. The first kappa shape index (κ1) is 21.1. The van der Waals surface area contributed by atoms with Crippen molar-refractivity contribution in [3.63, 3.8) is 0 Å². The van der Waals surface area contributed by atoms with Gasteiger partial charge in [0.2, 0.25) is 0 Å². The Morgan fingerprint density at radius 3 is 2.62 bits per heavy atom. The zero-order valence-electron chi connectivity index (χ0n) is 16.5. The summed E-state index contributed by atoms with van der Waals surface area (Å²) in [5.41, 5.74) is 8.62. The third kappa shape index (κ3) is 3.92. The molecular weight excluding hydrogens is 401 g/mol. The number of nitrogens with zero attached hydrogens (tertiary/aromatic N) is 3. The number of anilines is 1. The number of halogens is 1. The van der Waals surface area contributed by atoms with Crippen LogP contribution in [-0.2, 0) is 28.0 Å². The summed E-state index contributed by atoms with van der Waals surface area (Å²) in [6, 6.07) is 1.37. The molecule has 3 rings (SSSR count). The van der Waals surface area contributed by atoms with Crippen LogP contribution in [-0.4, -0.2) is 56.7 Å². The molecule has 0 atom stereocenters. The van der Waals surface area contributed by atoms with Crippen LogP contribution in [0.4, 0.5) is 10.1 Å². The number of amides is 1. The Morgan fingerprint density at radius 2 is 2.07 bits per heavy atom. The molecule has 0 spiro atoms. The summed E-state index contributed by atoms with van der Waals surface area (Å²) in [6.07, 6.45) is 0.475. The van der Waals surface area contributed by atoms with Gasteiger partial charge >= 0.3 is 10.2 Å². The predicted octanol–water partition coefficient (Wildman–Crippen LogP) is 0.394. The number of phenols is 1. The second kappa shape index (κ2) is 7.64. The average molecular weight is 425 g/mol. The number of nitrogens with one attached hydrogen (secondary N) is 1. The molecule has 9 nitrogen and oxygen atoms in total. The van der Waals surface area contributed by atoms with E-state index in [0.29, 0.717) is 40.6 Å². The van der Waals surface area contributed by atoms with Gasteiger partial charge in [-0.1, -0.05) is 0 Å². The van der Waals surface area contributed by atoms with E-state index in [-0.39, 0.29) is 6.54 Å². The molecule has 4 N–H and O–H groups in total. The average Bonchev–Trinajstić information content (AvgIpc) is 2.91. The normalized spacial score (nSPS) is 20.3. The van der Waals surface area contributed by atoms with Crippen molar-refractivity contribution in [2.24, 2.45) is 10.7 Å². The molecule has 2 heterocycles. The molecular formula is C18H24FN5O4S. The summed E-state index contributed by atoms with van der Waals surface area (Å²) in [5, 5.41) is 10.3. The summed E-state index contributed by atoms with van der Waals surface area (Å²) in [7, 11) is -2.57. The quantitative estimate of drug-likeness (QED) is 0.599. The van der Waals surface area contributed by atoms with Gasteiger partial charge < -0.3 is 10.8 Å². The van der Waals surface area contributed by atoms with Crippen LogP contribution >= 0.6 is 0 Å². The first-order valence-corrected chi connectivity index (χ1v) is 10.5. The van der Waals surface area contributed by atoms with Gasteiger partial charge in [-0.2, -0.15) is 8.42 Å². The van der Waals surface area contributed by atoms with Gasteiger partial charge in [-0.05, 0) is 31.9 Å².